The predicted octanol–water partition coefficient (Wildman–Crippen LogP) is 3.03. The third-order valence-electron chi connectivity index (χ3n) is 2.55. The van der Waals surface area contributed by atoms with Crippen LogP contribution >= 0.6 is 27.7 Å². The molecule has 0 atom stereocenters. The third-order valence-corrected chi connectivity index (χ3v) is 3.93. The van der Waals surface area contributed by atoms with E-state index in [1.54, 1.807) is 0 Å². The Labute approximate surface area is 104 Å². The highest BCUT2D eigenvalue weighted by Gasteiger charge is 2.10. The summed E-state index contributed by atoms with van der Waals surface area (Å²) < 4.78 is 1.06. The molecule has 0 N–H and O–H groups in total. The van der Waals surface area contributed by atoms with Gasteiger partial charge in [-0.15, -0.1) is 11.8 Å². The molecule has 0 unspecified atom stereocenters. The van der Waals surface area contributed by atoms with Crippen molar-refractivity contribution in [2.75, 3.05) is 25.4 Å². The van der Waals surface area contributed by atoms with Crippen LogP contribution in [-0.2, 0) is 0 Å². The molecule has 1 aliphatic heterocycles. The minimum Gasteiger partial charge on any atom is -0.303 e. The van der Waals surface area contributed by atoms with Gasteiger partial charge in [0, 0.05) is 34.1 Å². The van der Waals surface area contributed by atoms with Crippen LogP contribution in [0.25, 0.3) is 0 Å². The van der Waals surface area contributed by atoms with Gasteiger partial charge in [0.15, 0.2) is 0 Å². The van der Waals surface area contributed by atoms with Gasteiger partial charge in [-0.3, -0.25) is 4.98 Å². The number of rotatable bonds is 4. The highest BCUT2D eigenvalue weighted by atomic mass is 79.9. The molecule has 82 valence electrons. The second-order valence-electron chi connectivity index (χ2n) is 3.74. The fourth-order valence-electron chi connectivity index (χ4n) is 1.77. The molecule has 0 aliphatic carbocycles. The Morgan fingerprint density at radius 1 is 1.33 bits per heavy atom. The molecule has 2 rings (SSSR count). The minimum atomic E-state index is 1.06. The van der Waals surface area contributed by atoms with Gasteiger partial charge in [-0.25, -0.2) is 0 Å². The Balaban J connectivity index is 1.73. The van der Waals surface area contributed by atoms with Gasteiger partial charge in [0.2, 0.25) is 0 Å². The highest BCUT2D eigenvalue weighted by molar-refractivity contribution is 9.10. The van der Waals surface area contributed by atoms with E-state index >= 15 is 0 Å². The lowest BCUT2D eigenvalue weighted by molar-refractivity contribution is 0.362. The molecule has 0 saturated carbocycles. The predicted molar refractivity (Wildman–Crippen MR) is 68.3 cm³/mol. The van der Waals surface area contributed by atoms with Gasteiger partial charge < -0.3 is 4.90 Å². The van der Waals surface area contributed by atoms with Crippen LogP contribution in [0.3, 0.4) is 0 Å². The van der Waals surface area contributed by atoms with E-state index in [0.29, 0.717) is 0 Å². The number of halogens is 1. The standard InChI is InChI=1S/C11H15BrN2S/c12-10-7-11(9-13-8-10)15-6-5-14-3-1-2-4-14/h7-9H,1-6H2. The van der Waals surface area contributed by atoms with E-state index in [0.717, 1.165) is 10.2 Å². The van der Waals surface area contributed by atoms with Crippen molar-refractivity contribution in [1.82, 2.24) is 9.88 Å². The number of thioether (sulfide) groups is 1. The molecule has 1 fully saturated rings. The number of nitrogens with zero attached hydrogens (tertiary/aromatic N) is 2. The monoisotopic (exact) mass is 286 g/mol. The fraction of sp³-hybridized carbons (Fsp3) is 0.545. The van der Waals surface area contributed by atoms with E-state index in [9.17, 15) is 0 Å². The van der Waals surface area contributed by atoms with Crippen LogP contribution in [0.5, 0.6) is 0 Å². The summed E-state index contributed by atoms with van der Waals surface area (Å²) in [5.74, 6) is 1.16. The normalized spacial score (nSPS) is 17.1. The Morgan fingerprint density at radius 3 is 2.87 bits per heavy atom. The maximum atomic E-state index is 4.15. The van der Waals surface area contributed by atoms with E-state index in [2.05, 4.69) is 31.9 Å². The quantitative estimate of drug-likeness (QED) is 0.792. The van der Waals surface area contributed by atoms with Crippen molar-refractivity contribution in [3.63, 3.8) is 0 Å². The molecule has 15 heavy (non-hydrogen) atoms. The van der Waals surface area contributed by atoms with Crippen molar-refractivity contribution in [2.24, 2.45) is 0 Å². The molecule has 2 nitrogen and oxygen atoms in total. The molecule has 1 aromatic rings. The van der Waals surface area contributed by atoms with Crippen molar-refractivity contribution >= 4 is 27.7 Å². The van der Waals surface area contributed by atoms with Gasteiger partial charge in [0.25, 0.3) is 0 Å². The largest absolute Gasteiger partial charge is 0.303 e. The fourth-order valence-corrected chi connectivity index (χ4v) is 3.22. The Morgan fingerprint density at radius 2 is 2.13 bits per heavy atom. The molecule has 0 amide bonds. The van der Waals surface area contributed by atoms with Crippen molar-refractivity contribution in [2.45, 2.75) is 17.7 Å². The number of hydrogen-bond donors (Lipinski definition) is 0. The van der Waals surface area contributed by atoms with Crippen molar-refractivity contribution < 1.29 is 0 Å². The first-order valence-electron chi connectivity index (χ1n) is 5.30. The van der Waals surface area contributed by atoms with Crippen LogP contribution in [0.4, 0.5) is 0 Å². The molecule has 0 bridgehead atoms. The molecule has 2 heterocycles. The van der Waals surface area contributed by atoms with Crippen LogP contribution in [0.1, 0.15) is 12.8 Å². The van der Waals surface area contributed by atoms with Gasteiger partial charge in [0.1, 0.15) is 0 Å². The van der Waals surface area contributed by atoms with Crippen molar-refractivity contribution in [1.29, 1.82) is 0 Å². The Kier molecular flexibility index (Phi) is 4.47. The summed E-state index contributed by atoms with van der Waals surface area (Å²) >= 11 is 5.32. The van der Waals surface area contributed by atoms with Crippen LogP contribution in [0.2, 0.25) is 0 Å². The van der Waals surface area contributed by atoms with E-state index in [-0.39, 0.29) is 0 Å². The molecular formula is C11H15BrN2S. The Hall–Kier alpha value is -0.0600. The van der Waals surface area contributed by atoms with Gasteiger partial charge in [-0.05, 0) is 47.9 Å². The molecular weight excluding hydrogens is 272 g/mol. The molecule has 0 aromatic carbocycles. The van der Waals surface area contributed by atoms with Crippen molar-refractivity contribution in [3.8, 4) is 0 Å². The Bertz CT molecular complexity index is 313. The third kappa shape index (κ3) is 3.78. The van der Waals surface area contributed by atoms with Gasteiger partial charge in [-0.2, -0.15) is 0 Å². The summed E-state index contributed by atoms with van der Waals surface area (Å²) in [5.41, 5.74) is 0. The van der Waals surface area contributed by atoms with E-state index < -0.39 is 0 Å². The van der Waals surface area contributed by atoms with Crippen LogP contribution in [0.15, 0.2) is 27.8 Å². The second kappa shape index (κ2) is 5.87. The number of pyridine rings is 1. The summed E-state index contributed by atoms with van der Waals surface area (Å²) in [7, 11) is 0. The molecule has 0 spiro atoms. The maximum absolute atomic E-state index is 4.15. The molecule has 1 aromatic heterocycles. The second-order valence-corrected chi connectivity index (χ2v) is 5.82. The summed E-state index contributed by atoms with van der Waals surface area (Å²) in [5, 5.41) is 0. The highest BCUT2D eigenvalue weighted by Crippen LogP contribution is 2.21. The number of aromatic nitrogens is 1. The van der Waals surface area contributed by atoms with E-state index in [1.165, 1.54) is 37.4 Å². The lowest BCUT2D eigenvalue weighted by Gasteiger charge is -2.13. The van der Waals surface area contributed by atoms with E-state index in [1.807, 2.05) is 24.2 Å². The van der Waals surface area contributed by atoms with Gasteiger partial charge in [-0.1, -0.05) is 0 Å². The van der Waals surface area contributed by atoms with Gasteiger partial charge in [0.05, 0.1) is 0 Å². The summed E-state index contributed by atoms with van der Waals surface area (Å²) in [6.07, 6.45) is 6.51. The average Bonchev–Trinajstić information content (AvgIpc) is 2.71. The summed E-state index contributed by atoms with van der Waals surface area (Å²) in [6.45, 7) is 3.78. The minimum absolute atomic E-state index is 1.06. The zero-order chi connectivity index (χ0) is 10.5. The molecule has 1 aliphatic rings. The summed E-state index contributed by atoms with van der Waals surface area (Å²) in [4.78, 5) is 7.95. The molecule has 0 radical (unpaired) electrons. The lowest BCUT2D eigenvalue weighted by atomic mass is 10.4. The first-order chi connectivity index (χ1) is 7.34. The smallest absolute Gasteiger partial charge is 0.0411 e. The number of hydrogen-bond acceptors (Lipinski definition) is 3. The number of likely N-dealkylation sites (tertiary alicyclic amines) is 1. The van der Waals surface area contributed by atoms with Crippen LogP contribution < -0.4 is 0 Å². The van der Waals surface area contributed by atoms with Crippen LogP contribution in [-0.4, -0.2) is 35.3 Å². The molecule has 1 saturated heterocycles. The lowest BCUT2D eigenvalue weighted by Crippen LogP contribution is -2.21. The average molecular weight is 287 g/mol. The van der Waals surface area contributed by atoms with Crippen LogP contribution in [0, 0.1) is 0 Å². The van der Waals surface area contributed by atoms with Gasteiger partial charge >= 0.3 is 0 Å². The van der Waals surface area contributed by atoms with E-state index in [4.69, 9.17) is 0 Å². The maximum Gasteiger partial charge on any atom is 0.0411 e. The SMILES string of the molecule is Brc1cncc(SCCN2CCCC2)c1. The topological polar surface area (TPSA) is 16.1 Å². The van der Waals surface area contributed by atoms with Crippen molar-refractivity contribution in [3.05, 3.63) is 22.9 Å². The zero-order valence-electron chi connectivity index (χ0n) is 8.66. The first kappa shape index (κ1) is 11.4. The molecule has 4 heteroatoms. The summed E-state index contributed by atoms with van der Waals surface area (Å²) in [6, 6.07) is 2.13. The first-order valence-corrected chi connectivity index (χ1v) is 7.08. The zero-order valence-corrected chi connectivity index (χ0v) is 11.1.